The highest BCUT2D eigenvalue weighted by molar-refractivity contribution is 5.35. The van der Waals surface area contributed by atoms with Crippen LogP contribution in [-0.4, -0.2) is 4.57 Å². The molecule has 0 saturated carbocycles. The molecule has 2 rings (SSSR count). The van der Waals surface area contributed by atoms with Crippen LogP contribution in [0.5, 0.6) is 0 Å². The van der Waals surface area contributed by atoms with Crippen LogP contribution in [0.3, 0.4) is 0 Å². The van der Waals surface area contributed by atoms with Crippen molar-refractivity contribution >= 4 is 0 Å². The summed E-state index contributed by atoms with van der Waals surface area (Å²) in [4.78, 5) is 0. The zero-order valence-corrected chi connectivity index (χ0v) is 7.05. The number of aromatic nitrogens is 1. The molecule has 14 heavy (non-hydrogen) atoms. The standard InChI is InChI=1S/C10H6F3N/c11-7-5-9(13)10(6-8(7)12)14-3-1-2-4-14/h1-6H. The predicted molar refractivity (Wildman–Crippen MR) is 45.6 cm³/mol. The minimum absolute atomic E-state index is 0.00565. The van der Waals surface area contributed by atoms with Crippen LogP contribution in [0.25, 0.3) is 5.69 Å². The molecule has 0 saturated heterocycles. The molecule has 0 amide bonds. The van der Waals surface area contributed by atoms with Gasteiger partial charge in [0.15, 0.2) is 11.6 Å². The van der Waals surface area contributed by atoms with Crippen molar-refractivity contribution in [1.29, 1.82) is 0 Å². The first-order valence-corrected chi connectivity index (χ1v) is 3.96. The van der Waals surface area contributed by atoms with E-state index >= 15 is 0 Å². The Morgan fingerprint density at radius 3 is 2.00 bits per heavy atom. The number of nitrogens with zero attached hydrogens (tertiary/aromatic N) is 1. The molecule has 0 unspecified atom stereocenters. The van der Waals surface area contributed by atoms with Gasteiger partial charge in [0.25, 0.3) is 0 Å². The van der Waals surface area contributed by atoms with Crippen LogP contribution in [0.4, 0.5) is 13.2 Å². The van der Waals surface area contributed by atoms with Crippen LogP contribution in [0.15, 0.2) is 36.7 Å². The topological polar surface area (TPSA) is 4.93 Å². The van der Waals surface area contributed by atoms with E-state index in [2.05, 4.69) is 0 Å². The molecule has 0 spiro atoms. The zero-order chi connectivity index (χ0) is 10.1. The number of hydrogen-bond acceptors (Lipinski definition) is 0. The largest absolute Gasteiger partial charge is 0.321 e. The van der Waals surface area contributed by atoms with Crippen LogP contribution in [-0.2, 0) is 0 Å². The Morgan fingerprint density at radius 1 is 0.786 bits per heavy atom. The van der Waals surface area contributed by atoms with Crippen molar-refractivity contribution in [1.82, 2.24) is 4.57 Å². The number of benzene rings is 1. The SMILES string of the molecule is Fc1cc(F)c(-n2cccc2)cc1F. The van der Waals surface area contributed by atoms with E-state index in [1.807, 2.05) is 0 Å². The fourth-order valence-electron chi connectivity index (χ4n) is 1.21. The smallest absolute Gasteiger partial charge is 0.161 e. The highest BCUT2D eigenvalue weighted by atomic mass is 19.2. The highest BCUT2D eigenvalue weighted by Gasteiger charge is 2.10. The molecular formula is C10H6F3N. The lowest BCUT2D eigenvalue weighted by Gasteiger charge is -2.04. The van der Waals surface area contributed by atoms with E-state index in [9.17, 15) is 13.2 Å². The van der Waals surface area contributed by atoms with Crippen molar-refractivity contribution in [3.05, 3.63) is 54.1 Å². The van der Waals surface area contributed by atoms with Crippen LogP contribution < -0.4 is 0 Å². The number of hydrogen-bond donors (Lipinski definition) is 0. The Balaban J connectivity index is 2.60. The van der Waals surface area contributed by atoms with Gasteiger partial charge >= 0.3 is 0 Å². The van der Waals surface area contributed by atoms with E-state index < -0.39 is 17.5 Å². The molecule has 1 aromatic heterocycles. The second-order valence-electron chi connectivity index (χ2n) is 2.81. The third-order valence-corrected chi connectivity index (χ3v) is 1.87. The maximum Gasteiger partial charge on any atom is 0.161 e. The van der Waals surface area contributed by atoms with Gasteiger partial charge in [0.05, 0.1) is 5.69 Å². The number of rotatable bonds is 1. The molecule has 0 aliphatic rings. The molecule has 4 heteroatoms. The van der Waals surface area contributed by atoms with Gasteiger partial charge in [0.1, 0.15) is 5.82 Å². The Kier molecular flexibility index (Phi) is 2.04. The van der Waals surface area contributed by atoms with Gasteiger partial charge < -0.3 is 4.57 Å². The van der Waals surface area contributed by atoms with Gasteiger partial charge in [-0.3, -0.25) is 0 Å². The van der Waals surface area contributed by atoms with Crippen molar-refractivity contribution < 1.29 is 13.2 Å². The van der Waals surface area contributed by atoms with Crippen LogP contribution in [0, 0.1) is 17.5 Å². The van der Waals surface area contributed by atoms with Crippen molar-refractivity contribution in [2.45, 2.75) is 0 Å². The average Bonchev–Trinajstić information content (AvgIpc) is 2.64. The lowest BCUT2D eigenvalue weighted by atomic mass is 10.3. The van der Waals surface area contributed by atoms with Gasteiger partial charge in [-0.25, -0.2) is 13.2 Å². The molecule has 0 aliphatic heterocycles. The van der Waals surface area contributed by atoms with Crippen molar-refractivity contribution in [2.24, 2.45) is 0 Å². The molecule has 2 aromatic rings. The third kappa shape index (κ3) is 1.39. The Hall–Kier alpha value is -1.71. The van der Waals surface area contributed by atoms with Gasteiger partial charge in [-0.05, 0) is 12.1 Å². The van der Waals surface area contributed by atoms with Crippen LogP contribution >= 0.6 is 0 Å². The molecule has 0 N–H and O–H groups in total. The molecule has 0 fully saturated rings. The first-order valence-electron chi connectivity index (χ1n) is 3.96. The van der Waals surface area contributed by atoms with Gasteiger partial charge in [-0.1, -0.05) is 0 Å². The monoisotopic (exact) mass is 197 g/mol. The first-order chi connectivity index (χ1) is 6.68. The molecule has 1 heterocycles. The quantitative estimate of drug-likeness (QED) is 0.619. The normalized spacial score (nSPS) is 10.5. The first kappa shape index (κ1) is 8.87. The van der Waals surface area contributed by atoms with Gasteiger partial charge in [-0.15, -0.1) is 0 Å². The van der Waals surface area contributed by atoms with Crippen molar-refractivity contribution in [3.63, 3.8) is 0 Å². The van der Waals surface area contributed by atoms with Crippen molar-refractivity contribution in [3.8, 4) is 5.69 Å². The summed E-state index contributed by atoms with van der Waals surface area (Å²) in [6.07, 6.45) is 3.10. The summed E-state index contributed by atoms with van der Waals surface area (Å²) in [5.41, 5.74) is -0.00565. The van der Waals surface area contributed by atoms with E-state index in [4.69, 9.17) is 0 Å². The molecule has 1 nitrogen and oxygen atoms in total. The third-order valence-electron chi connectivity index (χ3n) is 1.87. The van der Waals surface area contributed by atoms with E-state index in [1.165, 1.54) is 4.57 Å². The summed E-state index contributed by atoms with van der Waals surface area (Å²) in [7, 11) is 0. The minimum Gasteiger partial charge on any atom is -0.321 e. The highest BCUT2D eigenvalue weighted by Crippen LogP contribution is 2.17. The average molecular weight is 197 g/mol. The summed E-state index contributed by atoms with van der Waals surface area (Å²) in [5, 5.41) is 0. The Morgan fingerprint density at radius 2 is 1.36 bits per heavy atom. The van der Waals surface area contributed by atoms with E-state index in [1.54, 1.807) is 24.5 Å². The maximum atomic E-state index is 13.2. The van der Waals surface area contributed by atoms with Gasteiger partial charge in [-0.2, -0.15) is 0 Å². The van der Waals surface area contributed by atoms with Crippen LogP contribution in [0.1, 0.15) is 0 Å². The van der Waals surface area contributed by atoms with E-state index in [0.717, 1.165) is 6.07 Å². The molecular weight excluding hydrogens is 191 g/mol. The second kappa shape index (κ2) is 3.21. The van der Waals surface area contributed by atoms with Crippen molar-refractivity contribution in [2.75, 3.05) is 0 Å². The summed E-state index contributed by atoms with van der Waals surface area (Å²) >= 11 is 0. The molecule has 0 aliphatic carbocycles. The second-order valence-corrected chi connectivity index (χ2v) is 2.81. The van der Waals surface area contributed by atoms with Gasteiger partial charge in [0.2, 0.25) is 0 Å². The summed E-state index contributed by atoms with van der Waals surface area (Å²) in [5.74, 6) is -3.03. The Bertz CT molecular complexity index is 449. The molecule has 0 atom stereocenters. The fraction of sp³-hybridized carbons (Fsp3) is 0. The molecule has 0 bridgehead atoms. The minimum atomic E-state index is -1.18. The lowest BCUT2D eigenvalue weighted by Crippen LogP contribution is -1.97. The summed E-state index contributed by atoms with van der Waals surface area (Å²) in [6, 6.07) is 4.69. The molecule has 0 radical (unpaired) electrons. The fourth-order valence-corrected chi connectivity index (χ4v) is 1.21. The number of halogens is 3. The zero-order valence-electron chi connectivity index (χ0n) is 7.05. The molecule has 1 aromatic carbocycles. The van der Waals surface area contributed by atoms with Crippen LogP contribution in [0.2, 0.25) is 0 Å². The van der Waals surface area contributed by atoms with E-state index in [0.29, 0.717) is 6.07 Å². The lowest BCUT2D eigenvalue weighted by molar-refractivity contribution is 0.493. The summed E-state index contributed by atoms with van der Waals surface area (Å²) < 4.78 is 39.9. The molecule has 72 valence electrons. The maximum absolute atomic E-state index is 13.2. The Labute approximate surface area is 78.4 Å². The summed E-state index contributed by atoms with van der Waals surface area (Å²) in [6.45, 7) is 0. The van der Waals surface area contributed by atoms with Gasteiger partial charge in [0, 0.05) is 24.5 Å². The predicted octanol–water partition coefficient (Wildman–Crippen LogP) is 2.89. The van der Waals surface area contributed by atoms with E-state index in [-0.39, 0.29) is 5.69 Å².